The number of sulfone groups is 1. The van der Waals surface area contributed by atoms with E-state index in [0.29, 0.717) is 25.6 Å². The molecule has 150 valence electrons. The number of nitrogens with one attached hydrogen (secondary N) is 2. The molecule has 2 N–H and O–H groups in total. The lowest BCUT2D eigenvalue weighted by molar-refractivity contribution is -0.120. The van der Waals surface area contributed by atoms with Gasteiger partial charge in [-0.1, -0.05) is 12.1 Å². The minimum absolute atomic E-state index is 0.0620. The second-order valence-electron chi connectivity index (χ2n) is 7.03. The summed E-state index contributed by atoms with van der Waals surface area (Å²) in [5.41, 5.74) is 0.969. The number of nitrogens with zero attached hydrogens (tertiary/aromatic N) is 2. The summed E-state index contributed by atoms with van der Waals surface area (Å²) in [5.74, 6) is 1.19. The standard InChI is InChI=1S/C18H28N4O4S/c1-18(2)13-22(9-10-27(18,24)25)17(19-3)21-12-16(23)20-11-14-5-7-15(26-4)8-6-14/h5-8H,9-13H2,1-4H3,(H,19,21)(H,20,23). The number of benzene rings is 1. The van der Waals surface area contributed by atoms with Crippen LogP contribution < -0.4 is 15.4 Å². The van der Waals surface area contributed by atoms with Gasteiger partial charge in [0, 0.05) is 26.7 Å². The lowest BCUT2D eigenvalue weighted by Gasteiger charge is -2.39. The quantitative estimate of drug-likeness (QED) is 0.552. The molecule has 1 amide bonds. The van der Waals surface area contributed by atoms with Gasteiger partial charge in [-0.15, -0.1) is 0 Å². The van der Waals surface area contributed by atoms with Crippen molar-refractivity contribution >= 4 is 21.7 Å². The van der Waals surface area contributed by atoms with Crippen molar-refractivity contribution in [3.05, 3.63) is 29.8 Å². The average Bonchev–Trinajstić information content (AvgIpc) is 2.63. The summed E-state index contributed by atoms with van der Waals surface area (Å²) >= 11 is 0. The molecule has 0 aromatic heterocycles. The van der Waals surface area contributed by atoms with Crippen molar-refractivity contribution in [3.8, 4) is 5.75 Å². The first kappa shape index (κ1) is 21.0. The minimum Gasteiger partial charge on any atom is -0.497 e. The van der Waals surface area contributed by atoms with E-state index in [1.165, 1.54) is 0 Å². The summed E-state index contributed by atoms with van der Waals surface area (Å²) in [4.78, 5) is 18.2. The third-order valence-electron chi connectivity index (χ3n) is 4.61. The summed E-state index contributed by atoms with van der Waals surface area (Å²) in [6.45, 7) is 4.60. The highest BCUT2D eigenvalue weighted by atomic mass is 32.2. The highest BCUT2D eigenvalue weighted by Crippen LogP contribution is 2.23. The second kappa shape index (κ2) is 8.60. The molecule has 0 aliphatic carbocycles. The Morgan fingerprint density at radius 2 is 1.93 bits per heavy atom. The van der Waals surface area contributed by atoms with Crippen molar-refractivity contribution in [3.63, 3.8) is 0 Å². The van der Waals surface area contributed by atoms with Gasteiger partial charge in [0.2, 0.25) is 5.91 Å². The maximum Gasteiger partial charge on any atom is 0.239 e. The molecule has 0 radical (unpaired) electrons. The first-order valence-electron chi connectivity index (χ1n) is 8.76. The third kappa shape index (κ3) is 5.35. The molecule has 2 rings (SSSR count). The van der Waals surface area contributed by atoms with Gasteiger partial charge < -0.3 is 20.3 Å². The molecule has 0 spiro atoms. The van der Waals surface area contributed by atoms with Crippen molar-refractivity contribution in [1.29, 1.82) is 0 Å². The fraction of sp³-hybridized carbons (Fsp3) is 0.556. The van der Waals surface area contributed by atoms with Gasteiger partial charge in [-0.05, 0) is 31.5 Å². The van der Waals surface area contributed by atoms with Crippen LogP contribution in [-0.4, -0.2) is 69.5 Å². The number of carbonyl (C=O) groups excluding carboxylic acids is 1. The number of methoxy groups -OCH3 is 1. The first-order valence-corrected chi connectivity index (χ1v) is 10.4. The molecule has 1 aliphatic heterocycles. The third-order valence-corrected chi connectivity index (χ3v) is 7.14. The Labute approximate surface area is 160 Å². The maximum absolute atomic E-state index is 12.1. The van der Waals surface area contributed by atoms with Gasteiger partial charge in [0.15, 0.2) is 15.8 Å². The monoisotopic (exact) mass is 396 g/mol. The van der Waals surface area contributed by atoms with Crippen LogP contribution in [0.2, 0.25) is 0 Å². The Hall–Kier alpha value is -2.29. The van der Waals surface area contributed by atoms with Gasteiger partial charge in [-0.25, -0.2) is 8.42 Å². The molecule has 0 atom stereocenters. The normalized spacial score (nSPS) is 18.7. The molecule has 1 aromatic carbocycles. The molecule has 0 saturated carbocycles. The van der Waals surface area contributed by atoms with Crippen LogP contribution >= 0.6 is 0 Å². The lowest BCUT2D eigenvalue weighted by atomic mass is 10.2. The molecule has 8 nitrogen and oxygen atoms in total. The highest BCUT2D eigenvalue weighted by Gasteiger charge is 2.40. The van der Waals surface area contributed by atoms with Crippen LogP contribution in [0.15, 0.2) is 29.3 Å². The van der Waals surface area contributed by atoms with Gasteiger partial charge in [-0.2, -0.15) is 0 Å². The number of aliphatic imine (C=N–C) groups is 1. The van der Waals surface area contributed by atoms with Gasteiger partial charge >= 0.3 is 0 Å². The van der Waals surface area contributed by atoms with E-state index in [2.05, 4.69) is 15.6 Å². The molecule has 1 heterocycles. The zero-order valence-corrected chi connectivity index (χ0v) is 17.1. The summed E-state index contributed by atoms with van der Waals surface area (Å²) in [6, 6.07) is 7.46. The number of rotatable bonds is 5. The van der Waals surface area contributed by atoms with Crippen LogP contribution in [0.3, 0.4) is 0 Å². The zero-order chi connectivity index (χ0) is 20.1. The van der Waals surface area contributed by atoms with E-state index in [-0.39, 0.29) is 18.2 Å². The Morgan fingerprint density at radius 1 is 1.26 bits per heavy atom. The topological polar surface area (TPSA) is 100 Å². The van der Waals surface area contributed by atoms with E-state index in [1.807, 2.05) is 29.2 Å². The molecular weight excluding hydrogens is 368 g/mol. The van der Waals surface area contributed by atoms with E-state index in [1.54, 1.807) is 28.0 Å². The van der Waals surface area contributed by atoms with Crippen LogP contribution in [-0.2, 0) is 21.2 Å². The average molecular weight is 397 g/mol. The highest BCUT2D eigenvalue weighted by molar-refractivity contribution is 7.92. The van der Waals surface area contributed by atoms with Crippen LogP contribution in [0, 0.1) is 0 Å². The fourth-order valence-corrected chi connectivity index (χ4v) is 4.19. The summed E-state index contributed by atoms with van der Waals surface area (Å²) in [6.07, 6.45) is 0. The van der Waals surface area contributed by atoms with E-state index < -0.39 is 14.6 Å². The lowest BCUT2D eigenvalue weighted by Crippen LogP contribution is -2.57. The van der Waals surface area contributed by atoms with E-state index in [4.69, 9.17) is 4.74 Å². The van der Waals surface area contributed by atoms with E-state index >= 15 is 0 Å². The Balaban J connectivity index is 1.84. The van der Waals surface area contributed by atoms with Crippen LogP contribution in [0.5, 0.6) is 5.75 Å². The van der Waals surface area contributed by atoms with Crippen molar-refractivity contribution in [2.45, 2.75) is 25.1 Å². The smallest absolute Gasteiger partial charge is 0.239 e. The number of hydrogen-bond donors (Lipinski definition) is 2. The fourth-order valence-electron chi connectivity index (χ4n) is 2.82. The molecule has 1 saturated heterocycles. The molecule has 0 unspecified atom stereocenters. The SMILES string of the molecule is CN=C(NCC(=O)NCc1ccc(OC)cc1)N1CCS(=O)(=O)C(C)(C)C1. The predicted molar refractivity (Wildman–Crippen MR) is 106 cm³/mol. The van der Waals surface area contributed by atoms with Crippen molar-refractivity contribution < 1.29 is 17.9 Å². The molecular formula is C18H28N4O4S. The Morgan fingerprint density at radius 3 is 2.48 bits per heavy atom. The second-order valence-corrected chi connectivity index (χ2v) is 9.77. The van der Waals surface area contributed by atoms with Crippen molar-refractivity contribution in [2.75, 3.05) is 39.5 Å². The molecule has 0 bridgehead atoms. The largest absolute Gasteiger partial charge is 0.497 e. The van der Waals surface area contributed by atoms with Gasteiger partial charge in [-0.3, -0.25) is 9.79 Å². The summed E-state index contributed by atoms with van der Waals surface area (Å²) in [5, 5.41) is 5.84. The van der Waals surface area contributed by atoms with Crippen LogP contribution in [0.4, 0.5) is 0 Å². The van der Waals surface area contributed by atoms with E-state index in [0.717, 1.165) is 11.3 Å². The first-order chi connectivity index (χ1) is 12.7. The Kier molecular flexibility index (Phi) is 6.69. The van der Waals surface area contributed by atoms with Crippen molar-refractivity contribution in [1.82, 2.24) is 15.5 Å². The number of ether oxygens (including phenoxy) is 1. The Bertz CT molecular complexity index is 788. The number of carbonyl (C=O) groups is 1. The summed E-state index contributed by atoms with van der Waals surface area (Å²) in [7, 11) is 0.100. The van der Waals surface area contributed by atoms with Gasteiger partial charge in [0.1, 0.15) is 5.75 Å². The van der Waals surface area contributed by atoms with Gasteiger partial charge in [0.05, 0.1) is 24.2 Å². The van der Waals surface area contributed by atoms with Crippen LogP contribution in [0.1, 0.15) is 19.4 Å². The molecule has 27 heavy (non-hydrogen) atoms. The molecule has 1 fully saturated rings. The minimum atomic E-state index is -3.12. The summed E-state index contributed by atoms with van der Waals surface area (Å²) < 4.78 is 28.5. The number of guanidine groups is 1. The predicted octanol–water partition coefficient (Wildman–Crippen LogP) is 0.396. The van der Waals surface area contributed by atoms with E-state index in [9.17, 15) is 13.2 Å². The molecule has 1 aliphatic rings. The maximum atomic E-state index is 12.1. The zero-order valence-electron chi connectivity index (χ0n) is 16.3. The number of hydrogen-bond acceptors (Lipinski definition) is 5. The molecule has 9 heteroatoms. The van der Waals surface area contributed by atoms with Gasteiger partial charge in [0.25, 0.3) is 0 Å². The van der Waals surface area contributed by atoms with Crippen molar-refractivity contribution in [2.24, 2.45) is 4.99 Å². The molecule has 1 aromatic rings. The number of amides is 1. The van der Waals surface area contributed by atoms with Crippen LogP contribution in [0.25, 0.3) is 0 Å².